The highest BCUT2D eigenvalue weighted by molar-refractivity contribution is 8.19. The van der Waals surface area contributed by atoms with E-state index in [1.165, 1.54) is 4.90 Å². The minimum Gasteiger partial charge on any atom is -0.351 e. The minimum atomic E-state index is -0.259. The number of rotatable bonds is 2. The maximum Gasteiger partial charge on any atom is 0.298 e. The van der Waals surface area contributed by atoms with E-state index in [2.05, 4.69) is 0 Å². The molecule has 0 bridgehead atoms. The molecule has 3 rings (SSSR count). The molecule has 1 aromatic carbocycles. The number of thioether (sulfide) groups is 1. The largest absolute Gasteiger partial charge is 0.351 e. The first kappa shape index (κ1) is 14.7. The van der Waals surface area contributed by atoms with E-state index in [0.29, 0.717) is 10.6 Å². The molecule has 1 aliphatic rings. The van der Waals surface area contributed by atoms with Crippen molar-refractivity contribution in [2.75, 3.05) is 4.90 Å². The fraction of sp³-hybridized carbons (Fsp3) is 0.176. The first-order valence-corrected chi connectivity index (χ1v) is 7.75. The second kappa shape index (κ2) is 5.50. The van der Waals surface area contributed by atoms with Gasteiger partial charge in [-0.3, -0.25) is 9.59 Å². The topological polar surface area (TPSA) is 42.3 Å². The van der Waals surface area contributed by atoms with E-state index < -0.39 is 0 Å². The average Bonchev–Trinajstić information content (AvgIpc) is 2.98. The highest BCUT2D eigenvalue weighted by Gasteiger charge is 2.37. The van der Waals surface area contributed by atoms with Crippen LogP contribution in [0.3, 0.4) is 0 Å². The third-order valence-electron chi connectivity index (χ3n) is 3.66. The molecule has 0 aliphatic carbocycles. The second-order valence-electron chi connectivity index (χ2n) is 5.35. The van der Waals surface area contributed by atoms with Crippen LogP contribution in [0.15, 0.2) is 41.4 Å². The SMILES string of the molecule is Cc1ccc(C)c(N2C(=O)S/C(=C/c3cccn3C)C2=O)c1. The molecule has 0 atom stereocenters. The summed E-state index contributed by atoms with van der Waals surface area (Å²) in [5, 5.41) is -0.251. The van der Waals surface area contributed by atoms with Gasteiger partial charge >= 0.3 is 0 Å². The molecule has 1 saturated heterocycles. The van der Waals surface area contributed by atoms with Gasteiger partial charge in [-0.15, -0.1) is 0 Å². The predicted octanol–water partition coefficient (Wildman–Crippen LogP) is 3.88. The van der Waals surface area contributed by atoms with E-state index in [1.54, 1.807) is 6.08 Å². The smallest absolute Gasteiger partial charge is 0.298 e. The van der Waals surface area contributed by atoms with Crippen molar-refractivity contribution < 1.29 is 9.59 Å². The predicted molar refractivity (Wildman–Crippen MR) is 89.8 cm³/mol. The summed E-state index contributed by atoms with van der Waals surface area (Å²) in [6.45, 7) is 3.85. The first-order chi connectivity index (χ1) is 10.5. The zero-order valence-corrected chi connectivity index (χ0v) is 13.5. The fourth-order valence-electron chi connectivity index (χ4n) is 2.39. The highest BCUT2D eigenvalue weighted by atomic mass is 32.2. The van der Waals surface area contributed by atoms with Crippen LogP contribution in [0.5, 0.6) is 0 Å². The van der Waals surface area contributed by atoms with Gasteiger partial charge in [-0.25, -0.2) is 4.90 Å². The number of carbonyl (C=O) groups excluding carboxylic acids is 2. The van der Waals surface area contributed by atoms with E-state index >= 15 is 0 Å². The van der Waals surface area contributed by atoms with Crippen molar-refractivity contribution in [3.05, 3.63) is 58.3 Å². The lowest BCUT2D eigenvalue weighted by Crippen LogP contribution is -2.28. The Labute approximate surface area is 133 Å². The molecule has 0 N–H and O–H groups in total. The molecule has 112 valence electrons. The van der Waals surface area contributed by atoms with Crippen LogP contribution in [0.1, 0.15) is 16.8 Å². The molecule has 2 heterocycles. The van der Waals surface area contributed by atoms with Crippen molar-refractivity contribution in [2.45, 2.75) is 13.8 Å². The van der Waals surface area contributed by atoms with E-state index in [1.807, 2.05) is 62.0 Å². The second-order valence-corrected chi connectivity index (χ2v) is 6.34. The summed E-state index contributed by atoms with van der Waals surface area (Å²) in [4.78, 5) is 26.6. The molecule has 1 fully saturated rings. The van der Waals surface area contributed by atoms with E-state index in [9.17, 15) is 9.59 Å². The Morgan fingerprint density at radius 3 is 2.59 bits per heavy atom. The quantitative estimate of drug-likeness (QED) is 0.790. The van der Waals surface area contributed by atoms with E-state index in [4.69, 9.17) is 0 Å². The van der Waals surface area contributed by atoms with Crippen LogP contribution in [0, 0.1) is 13.8 Å². The van der Waals surface area contributed by atoms with Gasteiger partial charge in [-0.2, -0.15) is 0 Å². The number of nitrogens with zero attached hydrogens (tertiary/aromatic N) is 2. The highest BCUT2D eigenvalue weighted by Crippen LogP contribution is 2.37. The van der Waals surface area contributed by atoms with Crippen LogP contribution in [0.4, 0.5) is 10.5 Å². The summed E-state index contributed by atoms with van der Waals surface area (Å²) in [7, 11) is 1.90. The molecule has 2 aromatic rings. The minimum absolute atomic E-state index is 0.251. The molecular formula is C17H16N2O2S. The number of imide groups is 1. The number of amides is 2. The van der Waals surface area contributed by atoms with Crippen molar-refractivity contribution in [1.82, 2.24) is 4.57 Å². The van der Waals surface area contributed by atoms with Gasteiger partial charge in [0.2, 0.25) is 0 Å². The van der Waals surface area contributed by atoms with Crippen LogP contribution >= 0.6 is 11.8 Å². The van der Waals surface area contributed by atoms with Gasteiger partial charge in [0, 0.05) is 18.9 Å². The van der Waals surface area contributed by atoms with Crippen molar-refractivity contribution in [3.8, 4) is 0 Å². The molecule has 0 spiro atoms. The van der Waals surface area contributed by atoms with Crippen LogP contribution < -0.4 is 4.90 Å². The van der Waals surface area contributed by atoms with Gasteiger partial charge in [0.05, 0.1) is 10.6 Å². The molecule has 0 unspecified atom stereocenters. The summed E-state index contributed by atoms with van der Waals surface area (Å²) in [6.07, 6.45) is 3.66. The lowest BCUT2D eigenvalue weighted by Gasteiger charge is -2.16. The Kier molecular flexibility index (Phi) is 3.66. The molecule has 5 heteroatoms. The van der Waals surface area contributed by atoms with Crippen molar-refractivity contribution in [1.29, 1.82) is 0 Å². The van der Waals surface area contributed by atoms with Crippen molar-refractivity contribution >= 4 is 34.7 Å². The molecule has 2 amide bonds. The van der Waals surface area contributed by atoms with Crippen molar-refractivity contribution in [2.24, 2.45) is 7.05 Å². The zero-order chi connectivity index (χ0) is 15.9. The lowest BCUT2D eigenvalue weighted by molar-refractivity contribution is -0.113. The number of benzene rings is 1. The van der Waals surface area contributed by atoms with Gasteiger partial charge in [0.25, 0.3) is 11.1 Å². The summed E-state index contributed by atoms with van der Waals surface area (Å²) in [5.41, 5.74) is 3.49. The van der Waals surface area contributed by atoms with Gasteiger partial charge in [-0.1, -0.05) is 12.1 Å². The van der Waals surface area contributed by atoms with Crippen LogP contribution in [0.25, 0.3) is 6.08 Å². The van der Waals surface area contributed by atoms with Gasteiger partial charge < -0.3 is 4.57 Å². The summed E-state index contributed by atoms with van der Waals surface area (Å²) in [5.74, 6) is -0.259. The number of aromatic nitrogens is 1. The van der Waals surface area contributed by atoms with Gasteiger partial charge in [0.15, 0.2) is 0 Å². The Balaban J connectivity index is 2.00. The van der Waals surface area contributed by atoms with Crippen LogP contribution in [-0.2, 0) is 11.8 Å². The number of hydrogen-bond donors (Lipinski definition) is 0. The Hall–Kier alpha value is -2.27. The number of anilines is 1. The Morgan fingerprint density at radius 2 is 1.91 bits per heavy atom. The molecule has 4 nitrogen and oxygen atoms in total. The lowest BCUT2D eigenvalue weighted by atomic mass is 10.1. The Bertz CT molecular complexity index is 805. The first-order valence-electron chi connectivity index (χ1n) is 6.94. The summed E-state index contributed by atoms with van der Waals surface area (Å²) in [6, 6.07) is 9.58. The van der Waals surface area contributed by atoms with Crippen LogP contribution in [-0.4, -0.2) is 15.7 Å². The molecule has 0 saturated carbocycles. The summed E-state index contributed by atoms with van der Waals surface area (Å²) < 4.78 is 1.91. The third kappa shape index (κ3) is 2.48. The molecule has 1 aliphatic heterocycles. The molecule has 0 radical (unpaired) electrons. The standard InChI is InChI=1S/C17H16N2O2S/c1-11-6-7-12(2)14(9-11)19-16(20)15(22-17(19)21)10-13-5-4-8-18(13)3/h4-10H,1-3H3/b15-10+. The number of hydrogen-bond acceptors (Lipinski definition) is 3. The number of aryl methyl sites for hydroxylation is 3. The van der Waals surface area contributed by atoms with Crippen LogP contribution in [0.2, 0.25) is 0 Å². The fourth-order valence-corrected chi connectivity index (χ4v) is 3.21. The van der Waals surface area contributed by atoms with Gasteiger partial charge in [-0.05, 0) is 61.0 Å². The van der Waals surface area contributed by atoms with Gasteiger partial charge in [0.1, 0.15) is 0 Å². The zero-order valence-electron chi connectivity index (χ0n) is 12.7. The monoisotopic (exact) mass is 312 g/mol. The Morgan fingerprint density at radius 1 is 1.14 bits per heavy atom. The average molecular weight is 312 g/mol. The normalized spacial score (nSPS) is 16.9. The molecule has 1 aromatic heterocycles. The maximum absolute atomic E-state index is 12.6. The molecule has 22 heavy (non-hydrogen) atoms. The van der Waals surface area contributed by atoms with E-state index in [0.717, 1.165) is 28.6 Å². The van der Waals surface area contributed by atoms with Crippen molar-refractivity contribution in [3.63, 3.8) is 0 Å². The maximum atomic E-state index is 12.6. The van der Waals surface area contributed by atoms with E-state index in [-0.39, 0.29) is 11.1 Å². The molecular weight excluding hydrogens is 296 g/mol. The number of carbonyl (C=O) groups is 2. The third-order valence-corrected chi connectivity index (χ3v) is 4.53. The summed E-state index contributed by atoms with van der Waals surface area (Å²) >= 11 is 0.983.